The Labute approximate surface area is 80.9 Å². The third-order valence-corrected chi connectivity index (χ3v) is 2.72. The number of nitrogens with zero attached hydrogens (tertiary/aromatic N) is 1. The van der Waals surface area contributed by atoms with Crippen LogP contribution in [0.25, 0.3) is 10.1 Å². The third kappa shape index (κ3) is 1.70. The molecule has 0 radical (unpaired) electrons. The first kappa shape index (κ1) is 8.26. The number of hydrogen-bond acceptors (Lipinski definition) is 3. The second-order valence-corrected chi connectivity index (χ2v) is 3.65. The standard InChI is InChI=1S/C10H10N2S/c1-11-12-7-8-2-3-10-9(6-8)4-5-13-10/h2-7,11H,1H3. The summed E-state index contributed by atoms with van der Waals surface area (Å²) < 4.78 is 1.32. The largest absolute Gasteiger partial charge is 0.313 e. The Bertz CT molecular complexity index is 431. The van der Waals surface area contributed by atoms with Gasteiger partial charge in [-0.1, -0.05) is 6.07 Å². The Hall–Kier alpha value is -1.35. The highest BCUT2D eigenvalue weighted by Crippen LogP contribution is 2.20. The molecule has 1 aromatic heterocycles. The quantitative estimate of drug-likeness (QED) is 0.571. The van der Waals surface area contributed by atoms with Crippen molar-refractivity contribution >= 4 is 27.6 Å². The highest BCUT2D eigenvalue weighted by molar-refractivity contribution is 7.17. The van der Waals surface area contributed by atoms with Gasteiger partial charge in [-0.15, -0.1) is 11.3 Å². The van der Waals surface area contributed by atoms with E-state index >= 15 is 0 Å². The molecule has 0 saturated heterocycles. The van der Waals surface area contributed by atoms with E-state index in [0.29, 0.717) is 0 Å². The monoisotopic (exact) mass is 190 g/mol. The SMILES string of the molecule is CNN=Cc1ccc2sccc2c1. The van der Waals surface area contributed by atoms with Crippen LogP contribution in [0.1, 0.15) is 5.56 Å². The molecular weight excluding hydrogens is 180 g/mol. The highest BCUT2D eigenvalue weighted by atomic mass is 32.1. The molecule has 2 nitrogen and oxygen atoms in total. The molecule has 0 atom stereocenters. The van der Waals surface area contributed by atoms with E-state index in [9.17, 15) is 0 Å². The number of hydrogen-bond donors (Lipinski definition) is 1. The molecule has 13 heavy (non-hydrogen) atoms. The Balaban J connectivity index is 2.42. The van der Waals surface area contributed by atoms with Crippen LogP contribution in [0.5, 0.6) is 0 Å². The van der Waals surface area contributed by atoms with Crippen LogP contribution in [-0.4, -0.2) is 13.3 Å². The van der Waals surface area contributed by atoms with Gasteiger partial charge in [-0.2, -0.15) is 5.10 Å². The lowest BCUT2D eigenvalue weighted by Crippen LogP contribution is -1.94. The lowest BCUT2D eigenvalue weighted by atomic mass is 10.2. The van der Waals surface area contributed by atoms with E-state index in [1.807, 2.05) is 6.21 Å². The minimum Gasteiger partial charge on any atom is -0.313 e. The number of thiophene rings is 1. The number of nitrogens with one attached hydrogen (secondary N) is 1. The number of fused-ring (bicyclic) bond motifs is 1. The van der Waals surface area contributed by atoms with Crippen LogP contribution in [0.2, 0.25) is 0 Å². The smallest absolute Gasteiger partial charge is 0.0540 e. The molecule has 0 fully saturated rings. The van der Waals surface area contributed by atoms with Gasteiger partial charge in [0.2, 0.25) is 0 Å². The summed E-state index contributed by atoms with van der Waals surface area (Å²) in [6, 6.07) is 8.44. The first-order valence-corrected chi connectivity index (χ1v) is 4.95. The van der Waals surface area contributed by atoms with E-state index in [1.165, 1.54) is 10.1 Å². The fraction of sp³-hybridized carbons (Fsp3) is 0.100. The zero-order valence-corrected chi connectivity index (χ0v) is 8.14. The predicted octanol–water partition coefficient (Wildman–Crippen LogP) is 2.45. The van der Waals surface area contributed by atoms with E-state index in [2.05, 4.69) is 40.2 Å². The molecule has 0 saturated carbocycles. The maximum atomic E-state index is 3.96. The van der Waals surface area contributed by atoms with E-state index in [4.69, 9.17) is 0 Å². The van der Waals surface area contributed by atoms with Gasteiger partial charge >= 0.3 is 0 Å². The molecule has 0 bridgehead atoms. The predicted molar refractivity (Wildman–Crippen MR) is 58.5 cm³/mol. The van der Waals surface area contributed by atoms with Gasteiger partial charge in [0.05, 0.1) is 6.21 Å². The first-order valence-electron chi connectivity index (χ1n) is 4.07. The average Bonchev–Trinajstić information content (AvgIpc) is 2.61. The van der Waals surface area contributed by atoms with Gasteiger partial charge in [0.15, 0.2) is 0 Å². The molecule has 1 N–H and O–H groups in total. The van der Waals surface area contributed by atoms with Crippen molar-refractivity contribution in [3.63, 3.8) is 0 Å². The molecular formula is C10H10N2S. The summed E-state index contributed by atoms with van der Waals surface area (Å²) >= 11 is 1.76. The van der Waals surface area contributed by atoms with Crippen molar-refractivity contribution in [2.24, 2.45) is 5.10 Å². The van der Waals surface area contributed by atoms with Crippen molar-refractivity contribution in [1.29, 1.82) is 0 Å². The number of rotatable bonds is 2. The Kier molecular flexibility index (Phi) is 2.27. The molecule has 0 aliphatic carbocycles. The molecule has 2 rings (SSSR count). The first-order chi connectivity index (χ1) is 6.40. The van der Waals surface area contributed by atoms with Crippen LogP contribution in [0.15, 0.2) is 34.7 Å². The maximum absolute atomic E-state index is 3.96. The average molecular weight is 190 g/mol. The zero-order valence-electron chi connectivity index (χ0n) is 7.32. The normalized spacial score (nSPS) is 11.2. The van der Waals surface area contributed by atoms with Crippen LogP contribution in [0, 0.1) is 0 Å². The van der Waals surface area contributed by atoms with Gasteiger partial charge in [0, 0.05) is 11.7 Å². The van der Waals surface area contributed by atoms with Crippen molar-refractivity contribution in [3.05, 3.63) is 35.2 Å². The zero-order chi connectivity index (χ0) is 9.10. The molecule has 66 valence electrons. The summed E-state index contributed by atoms with van der Waals surface area (Å²) in [5.74, 6) is 0. The second kappa shape index (κ2) is 3.58. The Morgan fingerprint density at radius 1 is 1.38 bits per heavy atom. The second-order valence-electron chi connectivity index (χ2n) is 2.70. The van der Waals surface area contributed by atoms with Gasteiger partial charge in [-0.05, 0) is 34.5 Å². The summed E-state index contributed by atoms with van der Waals surface area (Å²) in [4.78, 5) is 0. The molecule has 1 heterocycles. The fourth-order valence-corrected chi connectivity index (χ4v) is 1.98. The third-order valence-electron chi connectivity index (χ3n) is 1.82. The summed E-state index contributed by atoms with van der Waals surface area (Å²) in [7, 11) is 1.79. The van der Waals surface area contributed by atoms with Crippen molar-refractivity contribution in [2.75, 3.05) is 7.05 Å². The van der Waals surface area contributed by atoms with Crippen molar-refractivity contribution in [2.45, 2.75) is 0 Å². The van der Waals surface area contributed by atoms with Gasteiger partial charge < -0.3 is 5.43 Å². The van der Waals surface area contributed by atoms with Crippen LogP contribution < -0.4 is 5.43 Å². The molecule has 0 aliphatic rings. The lowest BCUT2D eigenvalue weighted by Gasteiger charge is -1.93. The molecule has 0 aliphatic heterocycles. The van der Waals surface area contributed by atoms with Crippen molar-refractivity contribution in [1.82, 2.24) is 5.43 Å². The molecule has 2 aromatic rings. The maximum Gasteiger partial charge on any atom is 0.0540 e. The number of hydrazone groups is 1. The molecule has 0 spiro atoms. The fourth-order valence-electron chi connectivity index (χ4n) is 1.20. The summed E-state index contributed by atoms with van der Waals surface area (Å²) in [6.45, 7) is 0. The van der Waals surface area contributed by atoms with Crippen LogP contribution in [0.4, 0.5) is 0 Å². The lowest BCUT2D eigenvalue weighted by molar-refractivity contribution is 0.908. The summed E-state index contributed by atoms with van der Waals surface area (Å²) in [5.41, 5.74) is 3.86. The van der Waals surface area contributed by atoms with Crippen molar-refractivity contribution in [3.8, 4) is 0 Å². The van der Waals surface area contributed by atoms with Gasteiger partial charge in [0.1, 0.15) is 0 Å². The minimum absolute atomic E-state index is 1.13. The molecule has 0 unspecified atom stereocenters. The highest BCUT2D eigenvalue weighted by Gasteiger charge is 1.94. The minimum atomic E-state index is 1.13. The molecule has 3 heteroatoms. The van der Waals surface area contributed by atoms with E-state index in [-0.39, 0.29) is 0 Å². The van der Waals surface area contributed by atoms with Crippen LogP contribution in [-0.2, 0) is 0 Å². The van der Waals surface area contributed by atoms with E-state index < -0.39 is 0 Å². The Morgan fingerprint density at radius 3 is 3.15 bits per heavy atom. The van der Waals surface area contributed by atoms with Gasteiger partial charge in [0.25, 0.3) is 0 Å². The summed E-state index contributed by atoms with van der Waals surface area (Å²) in [5, 5.41) is 7.34. The Morgan fingerprint density at radius 2 is 2.31 bits per heavy atom. The van der Waals surface area contributed by atoms with Crippen LogP contribution in [0.3, 0.4) is 0 Å². The van der Waals surface area contributed by atoms with E-state index in [1.54, 1.807) is 18.4 Å². The summed E-state index contributed by atoms with van der Waals surface area (Å²) in [6.07, 6.45) is 1.82. The number of benzene rings is 1. The van der Waals surface area contributed by atoms with Crippen LogP contribution >= 0.6 is 11.3 Å². The van der Waals surface area contributed by atoms with Gasteiger partial charge in [-0.3, -0.25) is 0 Å². The topological polar surface area (TPSA) is 24.4 Å². The molecule has 1 aromatic carbocycles. The molecule has 0 amide bonds. The van der Waals surface area contributed by atoms with E-state index in [0.717, 1.165) is 5.56 Å². The van der Waals surface area contributed by atoms with Crippen molar-refractivity contribution < 1.29 is 0 Å². The van der Waals surface area contributed by atoms with Gasteiger partial charge in [-0.25, -0.2) is 0 Å².